The van der Waals surface area contributed by atoms with Crippen LogP contribution < -0.4 is 29.2 Å². The fourth-order valence-corrected chi connectivity index (χ4v) is 4.82. The molecule has 1 heterocycles. The first-order chi connectivity index (χ1) is 20.9. The molecule has 0 saturated carbocycles. The first kappa shape index (κ1) is 31.7. The zero-order valence-electron chi connectivity index (χ0n) is 22.9. The van der Waals surface area contributed by atoms with Gasteiger partial charge in [-0.05, 0) is 52.7 Å². The molecule has 1 aliphatic rings. The smallest absolute Gasteiger partial charge is 0.336 e. The van der Waals surface area contributed by atoms with Crippen LogP contribution in [0.15, 0.2) is 52.5 Å². The molecule has 1 fully saturated rings. The van der Waals surface area contributed by atoms with Gasteiger partial charge in [0.25, 0.3) is 17.5 Å². The zero-order chi connectivity index (χ0) is 32.3. The summed E-state index contributed by atoms with van der Waals surface area (Å²) in [7, 11) is 2.64. The van der Waals surface area contributed by atoms with Crippen molar-refractivity contribution in [3.05, 3.63) is 83.3 Å². The number of benzene rings is 3. The lowest BCUT2D eigenvalue weighted by atomic mass is 10.1. The Morgan fingerprint density at radius 2 is 1.66 bits per heavy atom. The molecule has 0 bridgehead atoms. The Kier molecular flexibility index (Phi) is 9.35. The average Bonchev–Trinajstić information content (AvgIpc) is 2.97. The van der Waals surface area contributed by atoms with Crippen LogP contribution in [0.3, 0.4) is 0 Å². The summed E-state index contributed by atoms with van der Waals surface area (Å²) in [4.78, 5) is 60.9. The molecule has 17 heteroatoms. The van der Waals surface area contributed by atoms with Crippen molar-refractivity contribution in [2.24, 2.45) is 0 Å². The number of halogens is 2. The van der Waals surface area contributed by atoms with Crippen molar-refractivity contribution in [2.75, 3.05) is 25.7 Å². The van der Waals surface area contributed by atoms with Crippen LogP contribution in [0.5, 0.6) is 28.7 Å². The number of nitrogens with zero attached hydrogens (tertiary/aromatic N) is 3. The van der Waals surface area contributed by atoms with Gasteiger partial charge in [-0.25, -0.2) is 9.69 Å². The number of ether oxygens (including phenoxy) is 4. The summed E-state index contributed by atoms with van der Waals surface area (Å²) >= 11 is 9.47. The molecule has 228 valence electrons. The number of amides is 4. The normalized spacial score (nSPS) is 13.9. The van der Waals surface area contributed by atoms with Crippen LogP contribution in [0.1, 0.15) is 12.5 Å². The number of hydrogen-bond acceptors (Lipinski definition) is 11. The van der Waals surface area contributed by atoms with Gasteiger partial charge in [-0.2, -0.15) is 0 Å². The highest BCUT2D eigenvalue weighted by Crippen LogP contribution is 2.44. The first-order valence-corrected chi connectivity index (χ1v) is 13.5. The molecular formula is C27H20BrClN4O11. The lowest BCUT2D eigenvalue weighted by Gasteiger charge is -2.28. The van der Waals surface area contributed by atoms with Crippen LogP contribution in [0.4, 0.5) is 21.9 Å². The molecule has 4 rings (SSSR count). The maximum Gasteiger partial charge on any atom is 0.336 e. The Labute approximate surface area is 261 Å². The molecule has 0 spiro atoms. The summed E-state index contributed by atoms with van der Waals surface area (Å²) in [5.74, 6) is -2.07. The lowest BCUT2D eigenvalue weighted by molar-refractivity contribution is -0.394. The van der Waals surface area contributed by atoms with E-state index < -0.39 is 44.6 Å². The largest absolute Gasteiger partial charge is 0.495 e. The average molecular weight is 692 g/mol. The summed E-state index contributed by atoms with van der Waals surface area (Å²) in [5, 5.41) is 25.0. The Morgan fingerprint density at radius 3 is 2.27 bits per heavy atom. The number of nitro groups is 2. The van der Waals surface area contributed by atoms with Crippen molar-refractivity contribution < 1.29 is 43.2 Å². The molecule has 0 unspecified atom stereocenters. The molecule has 0 radical (unpaired) electrons. The number of carbonyl (C=O) groups is 3. The number of rotatable bonds is 10. The topological polar surface area (TPSA) is 190 Å². The van der Waals surface area contributed by atoms with Crippen molar-refractivity contribution in [2.45, 2.75) is 6.92 Å². The van der Waals surface area contributed by atoms with Crippen LogP contribution >= 0.6 is 27.5 Å². The summed E-state index contributed by atoms with van der Waals surface area (Å²) in [6.45, 7) is 1.78. The van der Waals surface area contributed by atoms with E-state index >= 15 is 0 Å². The Balaban J connectivity index is 1.77. The van der Waals surface area contributed by atoms with Crippen LogP contribution in [0, 0.1) is 20.2 Å². The van der Waals surface area contributed by atoms with Gasteiger partial charge in [0.2, 0.25) is 5.75 Å². The van der Waals surface area contributed by atoms with Gasteiger partial charge in [0.15, 0.2) is 11.5 Å². The predicted molar refractivity (Wildman–Crippen MR) is 159 cm³/mol. The molecule has 4 amide bonds. The Bertz CT molecular complexity index is 1760. The van der Waals surface area contributed by atoms with E-state index in [2.05, 4.69) is 21.2 Å². The summed E-state index contributed by atoms with van der Waals surface area (Å²) in [5.41, 5.74) is -1.41. The molecule has 0 aromatic heterocycles. The second kappa shape index (κ2) is 13.0. The van der Waals surface area contributed by atoms with E-state index in [1.54, 1.807) is 6.92 Å². The third-order valence-corrected chi connectivity index (χ3v) is 6.89. The van der Waals surface area contributed by atoms with Crippen LogP contribution in [-0.2, 0) is 9.59 Å². The number of nitrogens with one attached hydrogen (secondary N) is 1. The third-order valence-electron chi connectivity index (χ3n) is 6.00. The molecule has 1 N–H and O–H groups in total. The fraction of sp³-hybridized carbons (Fsp3) is 0.148. The third kappa shape index (κ3) is 6.25. The second-order valence-electron chi connectivity index (χ2n) is 8.65. The maximum atomic E-state index is 13.6. The van der Waals surface area contributed by atoms with Gasteiger partial charge < -0.3 is 18.9 Å². The van der Waals surface area contributed by atoms with Crippen molar-refractivity contribution in [1.29, 1.82) is 0 Å². The van der Waals surface area contributed by atoms with Crippen molar-refractivity contribution in [3.63, 3.8) is 0 Å². The van der Waals surface area contributed by atoms with Gasteiger partial charge in [0.1, 0.15) is 17.1 Å². The number of methoxy groups -OCH3 is 2. The number of imide groups is 2. The van der Waals surface area contributed by atoms with Gasteiger partial charge in [-0.3, -0.25) is 35.1 Å². The number of non-ortho nitro benzene ring substituents is 1. The summed E-state index contributed by atoms with van der Waals surface area (Å²) in [6.07, 6.45) is 1.20. The lowest BCUT2D eigenvalue weighted by Crippen LogP contribution is -2.54. The molecule has 3 aromatic rings. The number of carbonyl (C=O) groups excluding carboxylic acids is 3. The van der Waals surface area contributed by atoms with E-state index in [1.165, 1.54) is 44.6 Å². The molecule has 1 saturated heterocycles. The molecule has 0 aliphatic carbocycles. The summed E-state index contributed by atoms with van der Waals surface area (Å²) in [6, 6.07) is 7.30. The van der Waals surface area contributed by atoms with Crippen LogP contribution in [0.25, 0.3) is 6.08 Å². The Hall–Kier alpha value is -5.22. The van der Waals surface area contributed by atoms with E-state index in [-0.39, 0.29) is 56.1 Å². The van der Waals surface area contributed by atoms with Crippen molar-refractivity contribution in [1.82, 2.24) is 5.32 Å². The minimum atomic E-state index is -1.04. The highest BCUT2D eigenvalue weighted by Gasteiger charge is 2.39. The predicted octanol–water partition coefficient (Wildman–Crippen LogP) is 5.79. The zero-order valence-corrected chi connectivity index (χ0v) is 25.3. The number of nitro benzene ring substituents is 2. The van der Waals surface area contributed by atoms with Gasteiger partial charge in [0.05, 0.1) is 51.9 Å². The highest BCUT2D eigenvalue weighted by molar-refractivity contribution is 9.10. The molecule has 3 aromatic carbocycles. The second-order valence-corrected chi connectivity index (χ2v) is 9.91. The van der Waals surface area contributed by atoms with E-state index in [0.717, 1.165) is 18.2 Å². The fourth-order valence-electron chi connectivity index (χ4n) is 4.05. The summed E-state index contributed by atoms with van der Waals surface area (Å²) < 4.78 is 22.1. The number of anilines is 1. The molecular weight excluding hydrogens is 672 g/mol. The first-order valence-electron chi connectivity index (χ1n) is 12.3. The minimum absolute atomic E-state index is 0.0276. The van der Waals surface area contributed by atoms with Gasteiger partial charge in [-0.15, -0.1) is 0 Å². The SMILES string of the molecule is CCOc1cc(/C=C2\C(=O)NC(=O)N(c3cc(OC)c(Cl)cc3OC)C2=O)cc(Br)c1Oc1ccc([N+](=O)[O-])cc1[N+](=O)[O-]. The number of urea groups is 1. The quantitative estimate of drug-likeness (QED) is 0.117. The minimum Gasteiger partial charge on any atom is -0.495 e. The standard InChI is InChI=1S/C27H20BrClN4O11/c1-4-43-23-9-13(8-16(28)24(23)44-20-6-5-14(32(37)38)10-19(20)33(39)40)7-15-25(34)30-27(36)31(26(15)35)18-12-21(41-2)17(29)11-22(18)42-3/h5-12H,4H2,1-3H3,(H,30,34,36)/b15-7+. The Morgan fingerprint density at radius 1 is 0.955 bits per heavy atom. The van der Waals surface area contributed by atoms with Gasteiger partial charge >= 0.3 is 11.7 Å². The molecule has 1 aliphatic heterocycles. The maximum absolute atomic E-state index is 13.6. The van der Waals surface area contributed by atoms with E-state index in [1.807, 2.05) is 0 Å². The molecule has 0 atom stereocenters. The van der Waals surface area contributed by atoms with Crippen molar-refractivity contribution >= 4 is 68.5 Å². The van der Waals surface area contributed by atoms with Gasteiger partial charge in [-0.1, -0.05) is 11.6 Å². The van der Waals surface area contributed by atoms with Crippen LogP contribution in [-0.4, -0.2) is 48.5 Å². The van der Waals surface area contributed by atoms with Gasteiger partial charge in [0, 0.05) is 18.2 Å². The van der Waals surface area contributed by atoms with E-state index in [4.69, 9.17) is 30.5 Å². The highest BCUT2D eigenvalue weighted by atomic mass is 79.9. The monoisotopic (exact) mass is 690 g/mol. The van der Waals surface area contributed by atoms with Crippen molar-refractivity contribution in [3.8, 4) is 28.7 Å². The van der Waals surface area contributed by atoms with E-state index in [9.17, 15) is 34.6 Å². The van der Waals surface area contributed by atoms with Crippen LogP contribution in [0.2, 0.25) is 5.02 Å². The number of barbiturate groups is 1. The molecule has 44 heavy (non-hydrogen) atoms. The van der Waals surface area contributed by atoms with E-state index in [0.29, 0.717) is 4.90 Å². The number of hydrogen-bond donors (Lipinski definition) is 1. The molecule has 15 nitrogen and oxygen atoms in total.